The van der Waals surface area contributed by atoms with Crippen molar-refractivity contribution in [3.63, 3.8) is 0 Å². The van der Waals surface area contributed by atoms with Gasteiger partial charge in [-0.1, -0.05) is 15.9 Å². The van der Waals surface area contributed by atoms with Crippen molar-refractivity contribution in [3.8, 4) is 0 Å². The number of anilines is 1. The van der Waals surface area contributed by atoms with Crippen molar-refractivity contribution in [2.24, 2.45) is 0 Å². The van der Waals surface area contributed by atoms with Crippen molar-refractivity contribution in [3.05, 3.63) is 41.3 Å². The fourth-order valence-corrected chi connectivity index (χ4v) is 2.81. The van der Waals surface area contributed by atoms with E-state index in [1.54, 1.807) is 12.4 Å². The third kappa shape index (κ3) is 2.09. The highest BCUT2D eigenvalue weighted by atomic mass is 79.9. The molecule has 6 heteroatoms. The number of hydrogen-bond donors (Lipinski definition) is 1. The van der Waals surface area contributed by atoms with Crippen molar-refractivity contribution in [1.29, 1.82) is 0 Å². The summed E-state index contributed by atoms with van der Waals surface area (Å²) in [6.07, 6.45) is 4.80. The van der Waals surface area contributed by atoms with Gasteiger partial charge in [0.25, 0.3) is 5.22 Å². The molecule has 0 fully saturated rings. The second-order valence-electron chi connectivity index (χ2n) is 3.60. The lowest BCUT2D eigenvalue weighted by Crippen LogP contribution is -1.92. The van der Waals surface area contributed by atoms with Crippen LogP contribution in [0.5, 0.6) is 0 Å². The van der Waals surface area contributed by atoms with Gasteiger partial charge < -0.3 is 10.2 Å². The summed E-state index contributed by atoms with van der Waals surface area (Å²) in [6, 6.07) is 5.88. The number of halogens is 1. The maximum absolute atomic E-state index is 5.99. The van der Waals surface area contributed by atoms with Crippen LogP contribution in [0.15, 0.2) is 55.9 Å². The monoisotopic (exact) mass is 321 g/mol. The first kappa shape index (κ1) is 11.6. The Hall–Kier alpha value is -1.53. The molecule has 3 aromatic rings. The Labute approximate surface area is 116 Å². The Morgan fingerprint density at radius 3 is 2.94 bits per heavy atom. The predicted molar refractivity (Wildman–Crippen MR) is 74.5 cm³/mol. The van der Waals surface area contributed by atoms with Gasteiger partial charge in [-0.05, 0) is 30.0 Å². The van der Waals surface area contributed by atoms with E-state index in [0.717, 1.165) is 20.3 Å². The molecular weight excluding hydrogens is 314 g/mol. The quantitative estimate of drug-likeness (QED) is 0.779. The second kappa shape index (κ2) is 4.62. The molecule has 4 nitrogen and oxygen atoms in total. The molecule has 0 amide bonds. The molecule has 0 spiro atoms. The summed E-state index contributed by atoms with van der Waals surface area (Å²) in [7, 11) is 0. The number of nitrogen functional groups attached to an aromatic ring is 1. The van der Waals surface area contributed by atoms with Crippen LogP contribution < -0.4 is 5.73 Å². The molecule has 0 aliphatic rings. The first-order valence-corrected chi connectivity index (χ1v) is 6.76. The van der Waals surface area contributed by atoms with Crippen LogP contribution in [0.4, 0.5) is 5.69 Å². The standard InChI is InChI=1S/C12H8BrN3OS/c13-7-1-2-10-8(5-7)11(9(14)6-16-10)18-12-15-3-4-17-12/h1-6H,14H2. The molecule has 2 heterocycles. The molecule has 0 radical (unpaired) electrons. The van der Waals surface area contributed by atoms with Gasteiger partial charge in [0.05, 0.1) is 28.5 Å². The third-order valence-electron chi connectivity index (χ3n) is 2.41. The molecule has 90 valence electrons. The molecule has 2 aromatic heterocycles. The zero-order valence-corrected chi connectivity index (χ0v) is 11.5. The van der Waals surface area contributed by atoms with Crippen LogP contribution in [0.2, 0.25) is 0 Å². The van der Waals surface area contributed by atoms with E-state index in [1.807, 2.05) is 18.2 Å². The minimum absolute atomic E-state index is 0.564. The third-order valence-corrected chi connectivity index (χ3v) is 3.94. The predicted octanol–water partition coefficient (Wildman–Crippen LogP) is 3.72. The van der Waals surface area contributed by atoms with E-state index >= 15 is 0 Å². The second-order valence-corrected chi connectivity index (χ2v) is 5.48. The largest absolute Gasteiger partial charge is 0.440 e. The number of aromatic nitrogens is 2. The number of rotatable bonds is 2. The van der Waals surface area contributed by atoms with E-state index in [-0.39, 0.29) is 0 Å². The lowest BCUT2D eigenvalue weighted by molar-refractivity contribution is 0.454. The molecular formula is C12H8BrN3OS. The molecule has 0 saturated carbocycles. The minimum Gasteiger partial charge on any atom is -0.440 e. The van der Waals surface area contributed by atoms with E-state index < -0.39 is 0 Å². The van der Waals surface area contributed by atoms with E-state index in [2.05, 4.69) is 25.9 Å². The van der Waals surface area contributed by atoms with Crippen molar-refractivity contribution in [1.82, 2.24) is 9.97 Å². The summed E-state index contributed by atoms with van der Waals surface area (Å²) in [5, 5.41) is 1.54. The highest BCUT2D eigenvalue weighted by Crippen LogP contribution is 2.37. The van der Waals surface area contributed by atoms with Gasteiger partial charge in [-0.15, -0.1) is 0 Å². The van der Waals surface area contributed by atoms with Crippen LogP contribution in [0.1, 0.15) is 0 Å². The fourth-order valence-electron chi connectivity index (χ4n) is 1.62. The zero-order valence-electron chi connectivity index (χ0n) is 9.13. The van der Waals surface area contributed by atoms with Crippen LogP contribution in [-0.2, 0) is 0 Å². The van der Waals surface area contributed by atoms with Crippen LogP contribution in [0, 0.1) is 0 Å². The summed E-state index contributed by atoms with van der Waals surface area (Å²) in [5.74, 6) is 0. The zero-order chi connectivity index (χ0) is 12.5. The van der Waals surface area contributed by atoms with Crippen LogP contribution in [-0.4, -0.2) is 9.97 Å². The van der Waals surface area contributed by atoms with Crippen molar-refractivity contribution >= 4 is 44.3 Å². The Morgan fingerprint density at radius 2 is 2.17 bits per heavy atom. The Bertz CT molecular complexity index is 695. The number of fused-ring (bicyclic) bond motifs is 1. The van der Waals surface area contributed by atoms with Crippen LogP contribution >= 0.6 is 27.7 Å². The maximum Gasteiger partial charge on any atom is 0.260 e. The van der Waals surface area contributed by atoms with Gasteiger partial charge in [-0.25, -0.2) is 4.98 Å². The van der Waals surface area contributed by atoms with Gasteiger partial charge in [0.15, 0.2) is 0 Å². The molecule has 0 unspecified atom stereocenters. The fraction of sp³-hybridized carbons (Fsp3) is 0. The Balaban J connectivity index is 2.19. The number of nitrogens with zero attached hydrogens (tertiary/aromatic N) is 2. The number of pyridine rings is 1. The van der Waals surface area contributed by atoms with Crippen molar-refractivity contribution < 1.29 is 4.42 Å². The summed E-state index contributed by atoms with van der Waals surface area (Å²) < 4.78 is 6.22. The molecule has 2 N–H and O–H groups in total. The molecule has 0 atom stereocenters. The lowest BCUT2D eigenvalue weighted by atomic mass is 10.2. The summed E-state index contributed by atoms with van der Waals surface area (Å²) in [6.45, 7) is 0. The number of hydrogen-bond acceptors (Lipinski definition) is 5. The van der Waals surface area contributed by atoms with Gasteiger partial charge >= 0.3 is 0 Å². The smallest absolute Gasteiger partial charge is 0.260 e. The van der Waals surface area contributed by atoms with Gasteiger partial charge in [0, 0.05) is 9.86 Å². The average Bonchev–Trinajstić information content (AvgIpc) is 2.86. The number of nitrogens with two attached hydrogens (primary N) is 1. The first-order chi connectivity index (χ1) is 8.74. The molecule has 0 aliphatic heterocycles. The topological polar surface area (TPSA) is 64.9 Å². The Kier molecular flexibility index (Phi) is 2.97. The lowest BCUT2D eigenvalue weighted by Gasteiger charge is -2.07. The summed E-state index contributed by atoms with van der Waals surface area (Å²) in [5.41, 5.74) is 7.49. The molecule has 0 saturated heterocycles. The van der Waals surface area contributed by atoms with Gasteiger partial charge in [-0.3, -0.25) is 4.98 Å². The molecule has 18 heavy (non-hydrogen) atoms. The molecule has 0 bridgehead atoms. The summed E-state index contributed by atoms with van der Waals surface area (Å²) in [4.78, 5) is 9.30. The highest BCUT2D eigenvalue weighted by molar-refractivity contribution is 9.10. The number of oxazole rings is 1. The highest BCUT2D eigenvalue weighted by Gasteiger charge is 2.11. The number of benzene rings is 1. The maximum atomic E-state index is 5.99. The SMILES string of the molecule is Nc1cnc2ccc(Br)cc2c1Sc1ncco1. The van der Waals surface area contributed by atoms with Crippen molar-refractivity contribution in [2.45, 2.75) is 10.1 Å². The van der Waals surface area contributed by atoms with E-state index in [4.69, 9.17) is 10.2 Å². The minimum atomic E-state index is 0.564. The van der Waals surface area contributed by atoms with Gasteiger partial charge in [0.1, 0.15) is 6.26 Å². The van der Waals surface area contributed by atoms with E-state index in [1.165, 1.54) is 18.0 Å². The van der Waals surface area contributed by atoms with Crippen LogP contribution in [0.3, 0.4) is 0 Å². The normalized spacial score (nSPS) is 10.9. The van der Waals surface area contributed by atoms with Gasteiger partial charge in [0.2, 0.25) is 0 Å². The molecule has 3 rings (SSSR count). The van der Waals surface area contributed by atoms with E-state index in [0.29, 0.717) is 10.9 Å². The molecule has 1 aromatic carbocycles. The van der Waals surface area contributed by atoms with E-state index in [9.17, 15) is 0 Å². The Morgan fingerprint density at radius 1 is 1.28 bits per heavy atom. The average molecular weight is 322 g/mol. The van der Waals surface area contributed by atoms with Crippen molar-refractivity contribution in [2.75, 3.05) is 5.73 Å². The van der Waals surface area contributed by atoms with Gasteiger partial charge in [-0.2, -0.15) is 0 Å². The first-order valence-electron chi connectivity index (χ1n) is 5.15. The summed E-state index contributed by atoms with van der Waals surface area (Å²) >= 11 is 4.85. The van der Waals surface area contributed by atoms with Crippen LogP contribution in [0.25, 0.3) is 10.9 Å². The molecule has 0 aliphatic carbocycles.